The Balaban J connectivity index is 0.00000242. The fourth-order valence-electron chi connectivity index (χ4n) is 2.86. The molecule has 5 nitrogen and oxygen atoms in total. The molecule has 0 saturated carbocycles. The van der Waals surface area contributed by atoms with E-state index in [1.807, 2.05) is 11.9 Å². The number of hydrogen-bond donors (Lipinski definition) is 1. The number of likely N-dealkylation sites (tertiary alicyclic amines) is 1. The first-order valence-electron chi connectivity index (χ1n) is 7.35. The lowest BCUT2D eigenvalue weighted by Crippen LogP contribution is -2.42. The number of nitrogens with one attached hydrogen (secondary N) is 1. The zero-order chi connectivity index (χ0) is 15.2. The van der Waals surface area contributed by atoms with Gasteiger partial charge in [0.2, 0.25) is 0 Å². The van der Waals surface area contributed by atoms with E-state index in [0.29, 0.717) is 23.0 Å². The highest BCUT2D eigenvalue weighted by Gasteiger charge is 2.26. The molecular formula is C16H25ClN2O3. The summed E-state index contributed by atoms with van der Waals surface area (Å²) >= 11 is 0. The third kappa shape index (κ3) is 4.27. The van der Waals surface area contributed by atoms with Crippen LogP contribution in [0.25, 0.3) is 0 Å². The van der Waals surface area contributed by atoms with Gasteiger partial charge in [-0.05, 0) is 50.6 Å². The van der Waals surface area contributed by atoms with E-state index in [2.05, 4.69) is 5.32 Å². The van der Waals surface area contributed by atoms with Gasteiger partial charge in [0.25, 0.3) is 5.91 Å². The molecule has 1 N–H and O–H groups in total. The number of ether oxygens (including phenoxy) is 2. The Kier molecular flexibility index (Phi) is 7.48. The molecule has 1 amide bonds. The highest BCUT2D eigenvalue weighted by atomic mass is 35.5. The number of rotatable bonds is 5. The Morgan fingerprint density at radius 1 is 1.36 bits per heavy atom. The maximum absolute atomic E-state index is 12.8. The van der Waals surface area contributed by atoms with Crippen molar-refractivity contribution in [1.82, 2.24) is 10.2 Å². The molecule has 22 heavy (non-hydrogen) atoms. The van der Waals surface area contributed by atoms with E-state index < -0.39 is 0 Å². The molecule has 1 aromatic rings. The quantitative estimate of drug-likeness (QED) is 0.900. The van der Waals surface area contributed by atoms with Gasteiger partial charge in [0.05, 0.1) is 19.8 Å². The summed E-state index contributed by atoms with van der Waals surface area (Å²) in [6.45, 7) is 2.54. The van der Waals surface area contributed by atoms with Gasteiger partial charge in [-0.1, -0.05) is 0 Å². The zero-order valence-electron chi connectivity index (χ0n) is 13.4. The van der Waals surface area contributed by atoms with E-state index in [1.165, 1.54) is 6.42 Å². The zero-order valence-corrected chi connectivity index (χ0v) is 14.2. The van der Waals surface area contributed by atoms with E-state index in [4.69, 9.17) is 9.47 Å². The molecule has 1 unspecified atom stereocenters. The van der Waals surface area contributed by atoms with Gasteiger partial charge in [-0.25, -0.2) is 0 Å². The molecule has 1 heterocycles. The molecule has 0 aliphatic carbocycles. The monoisotopic (exact) mass is 328 g/mol. The van der Waals surface area contributed by atoms with Gasteiger partial charge in [-0.15, -0.1) is 12.4 Å². The first-order chi connectivity index (χ1) is 10.2. The third-order valence-corrected chi connectivity index (χ3v) is 3.94. The summed E-state index contributed by atoms with van der Waals surface area (Å²) in [6, 6.07) is 5.33. The van der Waals surface area contributed by atoms with Crippen LogP contribution in [0.15, 0.2) is 18.2 Å². The van der Waals surface area contributed by atoms with Gasteiger partial charge in [-0.3, -0.25) is 4.79 Å². The van der Waals surface area contributed by atoms with Gasteiger partial charge in [0, 0.05) is 13.1 Å². The molecular weight excluding hydrogens is 304 g/mol. The number of carbonyl (C=O) groups excluding carboxylic acids is 1. The Morgan fingerprint density at radius 3 is 2.77 bits per heavy atom. The van der Waals surface area contributed by atoms with Crippen LogP contribution in [-0.4, -0.2) is 51.7 Å². The normalized spacial score (nSPS) is 17.6. The molecule has 0 radical (unpaired) electrons. The average molecular weight is 329 g/mol. The Labute approximate surface area is 138 Å². The Hall–Kier alpha value is -1.46. The summed E-state index contributed by atoms with van der Waals surface area (Å²) in [7, 11) is 5.13. The number of piperidine rings is 1. The van der Waals surface area contributed by atoms with Crippen molar-refractivity contribution in [2.24, 2.45) is 5.92 Å². The smallest absolute Gasteiger partial charge is 0.257 e. The SMILES string of the molecule is CNCC1CCCN(C(=O)c2cc(OC)ccc2OC)C1.Cl. The van der Waals surface area contributed by atoms with Gasteiger partial charge in [0.1, 0.15) is 11.5 Å². The average Bonchev–Trinajstić information content (AvgIpc) is 2.54. The molecule has 0 spiro atoms. The summed E-state index contributed by atoms with van der Waals surface area (Å²) in [6.07, 6.45) is 2.21. The van der Waals surface area contributed by atoms with Gasteiger partial charge < -0.3 is 19.7 Å². The van der Waals surface area contributed by atoms with E-state index in [-0.39, 0.29) is 18.3 Å². The van der Waals surface area contributed by atoms with Crippen LogP contribution < -0.4 is 14.8 Å². The van der Waals surface area contributed by atoms with Crippen LogP contribution >= 0.6 is 12.4 Å². The van der Waals surface area contributed by atoms with Gasteiger partial charge in [-0.2, -0.15) is 0 Å². The number of amides is 1. The first-order valence-corrected chi connectivity index (χ1v) is 7.35. The summed E-state index contributed by atoms with van der Waals surface area (Å²) in [4.78, 5) is 14.7. The lowest BCUT2D eigenvalue weighted by molar-refractivity contribution is 0.0670. The molecule has 124 valence electrons. The minimum Gasteiger partial charge on any atom is -0.497 e. The van der Waals surface area contributed by atoms with Crippen LogP contribution in [0.5, 0.6) is 11.5 Å². The van der Waals surface area contributed by atoms with E-state index in [0.717, 1.165) is 26.1 Å². The maximum Gasteiger partial charge on any atom is 0.257 e. The van der Waals surface area contributed by atoms with Crippen molar-refractivity contribution in [3.05, 3.63) is 23.8 Å². The molecule has 1 aliphatic heterocycles. The first kappa shape index (κ1) is 18.6. The predicted molar refractivity (Wildman–Crippen MR) is 89.3 cm³/mol. The van der Waals surface area contributed by atoms with Crippen molar-refractivity contribution < 1.29 is 14.3 Å². The molecule has 1 aliphatic rings. The van der Waals surface area contributed by atoms with Crippen LogP contribution in [0.3, 0.4) is 0 Å². The van der Waals surface area contributed by atoms with Crippen molar-refractivity contribution in [2.75, 3.05) is 40.9 Å². The molecule has 6 heteroatoms. The lowest BCUT2D eigenvalue weighted by atomic mass is 9.97. The lowest BCUT2D eigenvalue weighted by Gasteiger charge is -2.33. The number of halogens is 1. The van der Waals surface area contributed by atoms with Crippen molar-refractivity contribution in [3.63, 3.8) is 0 Å². The topological polar surface area (TPSA) is 50.8 Å². The fourth-order valence-corrected chi connectivity index (χ4v) is 2.86. The summed E-state index contributed by atoms with van der Waals surface area (Å²) in [5.41, 5.74) is 0.571. The predicted octanol–water partition coefficient (Wildman–Crippen LogP) is 2.20. The highest BCUT2D eigenvalue weighted by molar-refractivity contribution is 5.97. The summed E-state index contributed by atoms with van der Waals surface area (Å²) in [5.74, 6) is 1.80. The second-order valence-corrected chi connectivity index (χ2v) is 5.38. The Bertz CT molecular complexity index is 494. The minimum atomic E-state index is 0. The van der Waals surface area contributed by atoms with Crippen molar-refractivity contribution >= 4 is 18.3 Å². The molecule has 1 atom stereocenters. The standard InChI is InChI=1S/C16H24N2O3.ClH/c1-17-10-12-5-4-8-18(11-12)16(19)14-9-13(20-2)6-7-15(14)21-3;/h6-7,9,12,17H,4-5,8,10-11H2,1-3H3;1H. The largest absolute Gasteiger partial charge is 0.497 e. The van der Waals surface area contributed by atoms with E-state index >= 15 is 0 Å². The molecule has 1 aromatic carbocycles. The number of hydrogen-bond acceptors (Lipinski definition) is 4. The Morgan fingerprint density at radius 2 is 2.14 bits per heavy atom. The highest BCUT2D eigenvalue weighted by Crippen LogP contribution is 2.27. The van der Waals surface area contributed by atoms with Gasteiger partial charge in [0.15, 0.2) is 0 Å². The van der Waals surface area contributed by atoms with Crippen LogP contribution in [0, 0.1) is 5.92 Å². The second kappa shape index (κ2) is 8.86. The molecule has 1 saturated heterocycles. The minimum absolute atomic E-state index is 0. The second-order valence-electron chi connectivity index (χ2n) is 5.38. The maximum atomic E-state index is 12.8. The number of nitrogens with zero attached hydrogens (tertiary/aromatic N) is 1. The molecule has 2 rings (SSSR count). The van der Waals surface area contributed by atoms with E-state index in [9.17, 15) is 4.79 Å². The molecule has 0 bridgehead atoms. The third-order valence-electron chi connectivity index (χ3n) is 3.94. The number of methoxy groups -OCH3 is 2. The molecule has 1 fully saturated rings. The van der Waals surface area contributed by atoms with Gasteiger partial charge >= 0.3 is 0 Å². The number of benzene rings is 1. The van der Waals surface area contributed by atoms with Crippen LogP contribution in [-0.2, 0) is 0 Å². The summed E-state index contributed by atoms with van der Waals surface area (Å²) in [5, 5.41) is 3.19. The van der Waals surface area contributed by atoms with Crippen molar-refractivity contribution in [3.8, 4) is 11.5 Å². The van der Waals surface area contributed by atoms with Crippen LogP contribution in [0.1, 0.15) is 23.2 Å². The van der Waals surface area contributed by atoms with Crippen LogP contribution in [0.2, 0.25) is 0 Å². The molecule has 0 aromatic heterocycles. The summed E-state index contributed by atoms with van der Waals surface area (Å²) < 4.78 is 10.5. The van der Waals surface area contributed by atoms with Crippen molar-refractivity contribution in [1.29, 1.82) is 0 Å². The fraction of sp³-hybridized carbons (Fsp3) is 0.562. The number of carbonyl (C=O) groups is 1. The van der Waals surface area contributed by atoms with Crippen LogP contribution in [0.4, 0.5) is 0 Å². The van der Waals surface area contributed by atoms with E-state index in [1.54, 1.807) is 32.4 Å². The van der Waals surface area contributed by atoms with Crippen molar-refractivity contribution in [2.45, 2.75) is 12.8 Å².